The van der Waals surface area contributed by atoms with Crippen molar-refractivity contribution in [2.75, 3.05) is 13.1 Å². The molecule has 76 valence electrons. The van der Waals surface area contributed by atoms with Gasteiger partial charge in [0.05, 0.1) is 12.6 Å². The minimum atomic E-state index is -0.294. The number of aliphatic hydroxyl groups is 1. The SMILES string of the molecule is CCC(=O)CN1CCC(O)C1(C)C. The molecule has 0 aromatic heterocycles. The van der Waals surface area contributed by atoms with E-state index in [0.717, 1.165) is 13.0 Å². The van der Waals surface area contributed by atoms with E-state index in [1.165, 1.54) is 0 Å². The van der Waals surface area contributed by atoms with E-state index in [4.69, 9.17) is 0 Å². The summed E-state index contributed by atoms with van der Waals surface area (Å²) in [5.74, 6) is 0.252. The fourth-order valence-electron chi connectivity index (χ4n) is 1.74. The van der Waals surface area contributed by atoms with Gasteiger partial charge in [-0.3, -0.25) is 9.69 Å². The van der Waals surface area contributed by atoms with E-state index >= 15 is 0 Å². The van der Waals surface area contributed by atoms with Crippen molar-refractivity contribution in [3.8, 4) is 0 Å². The van der Waals surface area contributed by atoms with E-state index in [0.29, 0.717) is 13.0 Å². The first-order chi connectivity index (χ1) is 5.98. The molecule has 0 radical (unpaired) electrons. The Morgan fingerprint density at radius 2 is 2.23 bits per heavy atom. The first kappa shape index (κ1) is 10.7. The van der Waals surface area contributed by atoms with Crippen LogP contribution in [0.4, 0.5) is 0 Å². The molecule has 0 aromatic carbocycles. The van der Waals surface area contributed by atoms with Crippen LogP contribution in [-0.2, 0) is 4.79 Å². The predicted octanol–water partition coefficient (Wildman–Crippen LogP) is 0.811. The molecule has 13 heavy (non-hydrogen) atoms. The quantitative estimate of drug-likeness (QED) is 0.707. The van der Waals surface area contributed by atoms with Gasteiger partial charge in [-0.2, -0.15) is 0 Å². The van der Waals surface area contributed by atoms with Gasteiger partial charge in [0.1, 0.15) is 5.78 Å². The number of hydrogen-bond acceptors (Lipinski definition) is 3. The molecule has 0 spiro atoms. The molecule has 1 aliphatic heterocycles. The minimum Gasteiger partial charge on any atom is -0.391 e. The Morgan fingerprint density at radius 3 is 2.62 bits per heavy atom. The van der Waals surface area contributed by atoms with Crippen molar-refractivity contribution >= 4 is 5.78 Å². The molecule has 3 heteroatoms. The van der Waals surface area contributed by atoms with Crippen LogP contribution in [0.1, 0.15) is 33.6 Å². The molecular formula is C10H19NO2. The summed E-state index contributed by atoms with van der Waals surface area (Å²) in [5, 5.41) is 9.66. The highest BCUT2D eigenvalue weighted by atomic mass is 16.3. The smallest absolute Gasteiger partial charge is 0.146 e. The molecule has 1 heterocycles. The molecule has 0 saturated carbocycles. The maximum Gasteiger partial charge on any atom is 0.146 e. The number of rotatable bonds is 3. The van der Waals surface area contributed by atoms with Gasteiger partial charge >= 0.3 is 0 Å². The van der Waals surface area contributed by atoms with Crippen LogP contribution in [0.5, 0.6) is 0 Å². The zero-order chi connectivity index (χ0) is 10.1. The molecule has 0 bridgehead atoms. The summed E-state index contributed by atoms with van der Waals surface area (Å²) in [6, 6.07) is 0. The Bertz CT molecular complexity index is 201. The molecule has 1 unspecified atom stereocenters. The lowest BCUT2D eigenvalue weighted by Gasteiger charge is -2.33. The third-order valence-corrected chi connectivity index (χ3v) is 3.06. The Kier molecular flexibility index (Phi) is 3.09. The highest BCUT2D eigenvalue weighted by Gasteiger charge is 2.40. The Hall–Kier alpha value is -0.410. The first-order valence-electron chi connectivity index (χ1n) is 4.93. The molecule has 3 nitrogen and oxygen atoms in total. The lowest BCUT2D eigenvalue weighted by atomic mass is 9.98. The summed E-state index contributed by atoms with van der Waals surface area (Å²) in [6.45, 7) is 7.18. The zero-order valence-corrected chi connectivity index (χ0v) is 8.71. The molecule has 0 aliphatic carbocycles. The number of ketones is 1. The van der Waals surface area contributed by atoms with Crippen LogP contribution < -0.4 is 0 Å². The second-order valence-electron chi connectivity index (χ2n) is 4.27. The molecule has 1 saturated heterocycles. The molecule has 0 aromatic rings. The summed E-state index contributed by atoms with van der Waals surface area (Å²) >= 11 is 0. The Balaban J connectivity index is 2.57. The third kappa shape index (κ3) is 2.09. The maximum absolute atomic E-state index is 11.2. The average Bonchev–Trinajstić information content (AvgIpc) is 2.31. The highest BCUT2D eigenvalue weighted by molar-refractivity contribution is 5.80. The van der Waals surface area contributed by atoms with E-state index in [2.05, 4.69) is 4.90 Å². The molecule has 1 rings (SSSR count). The van der Waals surface area contributed by atoms with Crippen molar-refractivity contribution in [3.05, 3.63) is 0 Å². The number of Topliss-reactive ketones (excluding diaryl/α,β-unsaturated/α-hetero) is 1. The van der Waals surface area contributed by atoms with Crippen LogP contribution in [0.15, 0.2) is 0 Å². The van der Waals surface area contributed by atoms with Crippen LogP contribution in [-0.4, -0.2) is 40.5 Å². The molecule has 0 amide bonds. The average molecular weight is 185 g/mol. The van der Waals surface area contributed by atoms with Crippen molar-refractivity contribution in [2.45, 2.75) is 45.3 Å². The van der Waals surface area contributed by atoms with Gasteiger partial charge in [0.15, 0.2) is 0 Å². The van der Waals surface area contributed by atoms with E-state index < -0.39 is 0 Å². The second-order valence-corrected chi connectivity index (χ2v) is 4.27. The lowest BCUT2D eigenvalue weighted by molar-refractivity contribution is -0.121. The molecule has 1 aliphatic rings. The summed E-state index contributed by atoms with van der Waals surface area (Å²) in [7, 11) is 0. The van der Waals surface area contributed by atoms with E-state index in [9.17, 15) is 9.90 Å². The Morgan fingerprint density at radius 1 is 1.62 bits per heavy atom. The van der Waals surface area contributed by atoms with Crippen LogP contribution in [0.3, 0.4) is 0 Å². The minimum absolute atomic E-state index is 0.231. The van der Waals surface area contributed by atoms with Crippen molar-refractivity contribution in [3.63, 3.8) is 0 Å². The van der Waals surface area contributed by atoms with Crippen molar-refractivity contribution in [1.29, 1.82) is 0 Å². The van der Waals surface area contributed by atoms with Crippen LogP contribution in [0.2, 0.25) is 0 Å². The van der Waals surface area contributed by atoms with Gasteiger partial charge in [-0.25, -0.2) is 0 Å². The van der Waals surface area contributed by atoms with Crippen LogP contribution in [0, 0.1) is 0 Å². The van der Waals surface area contributed by atoms with Crippen molar-refractivity contribution < 1.29 is 9.90 Å². The van der Waals surface area contributed by atoms with E-state index in [1.807, 2.05) is 20.8 Å². The number of hydrogen-bond donors (Lipinski definition) is 1. The van der Waals surface area contributed by atoms with Crippen LogP contribution >= 0.6 is 0 Å². The second kappa shape index (κ2) is 3.76. The number of aliphatic hydroxyl groups excluding tert-OH is 1. The van der Waals surface area contributed by atoms with Gasteiger partial charge in [0, 0.05) is 18.5 Å². The predicted molar refractivity (Wildman–Crippen MR) is 51.6 cm³/mol. The normalized spacial score (nSPS) is 27.8. The lowest BCUT2D eigenvalue weighted by Crippen LogP contribution is -2.46. The van der Waals surface area contributed by atoms with Crippen molar-refractivity contribution in [2.24, 2.45) is 0 Å². The van der Waals surface area contributed by atoms with Gasteiger partial charge in [-0.15, -0.1) is 0 Å². The zero-order valence-electron chi connectivity index (χ0n) is 8.71. The van der Waals surface area contributed by atoms with Crippen LogP contribution in [0.25, 0.3) is 0 Å². The fourth-order valence-corrected chi connectivity index (χ4v) is 1.74. The topological polar surface area (TPSA) is 40.5 Å². The summed E-state index contributed by atoms with van der Waals surface area (Å²) in [6.07, 6.45) is 1.07. The number of likely N-dealkylation sites (tertiary alicyclic amines) is 1. The number of nitrogens with zero attached hydrogens (tertiary/aromatic N) is 1. The molecule has 1 fully saturated rings. The summed E-state index contributed by atoms with van der Waals surface area (Å²) in [5.41, 5.74) is -0.231. The largest absolute Gasteiger partial charge is 0.391 e. The van der Waals surface area contributed by atoms with Gasteiger partial charge in [-0.1, -0.05) is 6.92 Å². The van der Waals surface area contributed by atoms with Gasteiger partial charge < -0.3 is 5.11 Å². The van der Waals surface area contributed by atoms with Gasteiger partial charge in [0.2, 0.25) is 0 Å². The maximum atomic E-state index is 11.2. The fraction of sp³-hybridized carbons (Fsp3) is 0.900. The molecule has 1 N–H and O–H groups in total. The molecular weight excluding hydrogens is 166 g/mol. The monoisotopic (exact) mass is 185 g/mol. The van der Waals surface area contributed by atoms with Gasteiger partial charge in [-0.05, 0) is 20.3 Å². The molecule has 1 atom stereocenters. The standard InChI is InChI=1S/C10H19NO2/c1-4-8(12)7-11-6-5-9(13)10(11,2)3/h9,13H,4-7H2,1-3H3. The van der Waals surface area contributed by atoms with Gasteiger partial charge in [0.25, 0.3) is 0 Å². The first-order valence-corrected chi connectivity index (χ1v) is 4.93. The summed E-state index contributed by atoms with van der Waals surface area (Å²) in [4.78, 5) is 13.3. The number of carbonyl (C=O) groups excluding carboxylic acids is 1. The van der Waals surface area contributed by atoms with E-state index in [-0.39, 0.29) is 17.4 Å². The van der Waals surface area contributed by atoms with Crippen molar-refractivity contribution in [1.82, 2.24) is 4.90 Å². The van der Waals surface area contributed by atoms with E-state index in [1.54, 1.807) is 0 Å². The number of carbonyl (C=O) groups is 1. The Labute approximate surface area is 79.7 Å². The highest BCUT2D eigenvalue weighted by Crippen LogP contribution is 2.28. The summed E-state index contributed by atoms with van der Waals surface area (Å²) < 4.78 is 0. The third-order valence-electron chi connectivity index (χ3n) is 3.06.